The summed E-state index contributed by atoms with van der Waals surface area (Å²) in [4.78, 5) is 24.9. The summed E-state index contributed by atoms with van der Waals surface area (Å²) < 4.78 is 0. The number of rotatable bonds is 2. The van der Waals surface area contributed by atoms with Gasteiger partial charge in [-0.1, -0.05) is 17.7 Å². The topological polar surface area (TPSA) is 57.6 Å². The van der Waals surface area contributed by atoms with Crippen LogP contribution in [0, 0.1) is 12.8 Å². The lowest BCUT2D eigenvalue weighted by atomic mass is 9.97. The third-order valence-corrected chi connectivity index (χ3v) is 3.32. The zero-order valence-electron chi connectivity index (χ0n) is 10.4. The molecule has 1 aromatic carbocycles. The van der Waals surface area contributed by atoms with E-state index in [1.807, 2.05) is 25.1 Å². The number of carboxylic acids is 1. The molecule has 0 spiro atoms. The van der Waals surface area contributed by atoms with Gasteiger partial charge >= 0.3 is 5.97 Å². The lowest BCUT2D eigenvalue weighted by Gasteiger charge is -2.30. The van der Waals surface area contributed by atoms with Crippen LogP contribution in [-0.4, -0.2) is 35.0 Å². The van der Waals surface area contributed by atoms with Gasteiger partial charge in [0.25, 0.3) is 5.91 Å². The van der Waals surface area contributed by atoms with Gasteiger partial charge in [-0.15, -0.1) is 0 Å². The predicted octanol–water partition coefficient (Wildman–Crippen LogP) is 1.93. The highest BCUT2D eigenvalue weighted by Gasteiger charge is 2.28. The highest BCUT2D eigenvalue weighted by Crippen LogP contribution is 2.19. The molecule has 0 radical (unpaired) electrons. The molecule has 0 saturated carbocycles. The summed E-state index contributed by atoms with van der Waals surface area (Å²) in [5, 5.41) is 9.01. The molecule has 96 valence electrons. The summed E-state index contributed by atoms with van der Waals surface area (Å²) in [6.07, 6.45) is 1.42. The molecule has 1 aliphatic heterocycles. The van der Waals surface area contributed by atoms with Crippen LogP contribution in [0.3, 0.4) is 0 Å². The summed E-state index contributed by atoms with van der Waals surface area (Å²) >= 11 is 0. The van der Waals surface area contributed by atoms with Crippen molar-refractivity contribution < 1.29 is 14.7 Å². The minimum Gasteiger partial charge on any atom is -0.481 e. The van der Waals surface area contributed by atoms with E-state index in [9.17, 15) is 9.59 Å². The van der Waals surface area contributed by atoms with Crippen LogP contribution in [0.2, 0.25) is 0 Å². The molecule has 1 saturated heterocycles. The molecule has 0 aliphatic carbocycles. The van der Waals surface area contributed by atoms with Crippen molar-refractivity contribution in [1.82, 2.24) is 4.90 Å². The lowest BCUT2D eigenvalue weighted by Crippen LogP contribution is -2.42. The Balaban J connectivity index is 2.11. The summed E-state index contributed by atoms with van der Waals surface area (Å²) in [6.45, 7) is 2.91. The molecule has 0 bridgehead atoms. The van der Waals surface area contributed by atoms with Gasteiger partial charge in [0.1, 0.15) is 0 Å². The van der Waals surface area contributed by atoms with E-state index in [4.69, 9.17) is 5.11 Å². The number of carbonyl (C=O) groups is 2. The van der Waals surface area contributed by atoms with Crippen LogP contribution in [0.15, 0.2) is 24.3 Å². The molecule has 4 heteroatoms. The molecule has 1 heterocycles. The summed E-state index contributed by atoms with van der Waals surface area (Å²) in [7, 11) is 0. The monoisotopic (exact) mass is 247 g/mol. The van der Waals surface area contributed by atoms with Gasteiger partial charge in [-0.05, 0) is 31.9 Å². The second kappa shape index (κ2) is 5.21. The largest absolute Gasteiger partial charge is 0.481 e. The van der Waals surface area contributed by atoms with Crippen molar-refractivity contribution in [3.05, 3.63) is 35.4 Å². The Bertz CT molecular complexity index is 470. The number of aryl methyl sites for hydroxylation is 1. The number of nitrogens with zero attached hydrogens (tertiary/aromatic N) is 1. The molecule has 1 amide bonds. The van der Waals surface area contributed by atoms with E-state index in [-0.39, 0.29) is 5.91 Å². The summed E-state index contributed by atoms with van der Waals surface area (Å²) in [5.41, 5.74) is 1.67. The number of carboxylic acid groups (broad SMARTS) is 1. The van der Waals surface area contributed by atoms with Crippen molar-refractivity contribution in [2.45, 2.75) is 19.8 Å². The Kier molecular flexibility index (Phi) is 3.65. The first kappa shape index (κ1) is 12.6. The fraction of sp³-hybridized carbons (Fsp3) is 0.429. The number of amides is 1. The number of hydrogen-bond donors (Lipinski definition) is 1. The van der Waals surface area contributed by atoms with E-state index in [1.165, 1.54) is 0 Å². The molecule has 2 rings (SSSR count). The molecule has 1 N–H and O–H groups in total. The number of carbonyl (C=O) groups excluding carboxylic acids is 1. The number of hydrogen-bond acceptors (Lipinski definition) is 2. The Morgan fingerprint density at radius 2 is 2.17 bits per heavy atom. The molecular formula is C14H17NO3. The zero-order chi connectivity index (χ0) is 13.1. The maximum atomic E-state index is 12.3. The first-order chi connectivity index (χ1) is 8.58. The molecule has 18 heavy (non-hydrogen) atoms. The molecule has 4 nitrogen and oxygen atoms in total. The lowest BCUT2D eigenvalue weighted by molar-refractivity contribution is -0.143. The van der Waals surface area contributed by atoms with Gasteiger partial charge in [-0.25, -0.2) is 0 Å². The van der Waals surface area contributed by atoms with Crippen LogP contribution in [0.1, 0.15) is 28.8 Å². The van der Waals surface area contributed by atoms with E-state index in [0.717, 1.165) is 12.0 Å². The Hall–Kier alpha value is -1.84. The van der Waals surface area contributed by atoms with E-state index < -0.39 is 11.9 Å². The van der Waals surface area contributed by atoms with Crippen molar-refractivity contribution in [3.63, 3.8) is 0 Å². The van der Waals surface area contributed by atoms with Crippen molar-refractivity contribution in [3.8, 4) is 0 Å². The average molecular weight is 247 g/mol. The van der Waals surface area contributed by atoms with E-state index in [0.29, 0.717) is 25.1 Å². The highest BCUT2D eigenvalue weighted by atomic mass is 16.4. The zero-order valence-corrected chi connectivity index (χ0v) is 10.4. The van der Waals surface area contributed by atoms with Crippen LogP contribution in [-0.2, 0) is 4.79 Å². The average Bonchev–Trinajstić information content (AvgIpc) is 2.38. The maximum absolute atomic E-state index is 12.3. The Morgan fingerprint density at radius 1 is 1.39 bits per heavy atom. The van der Waals surface area contributed by atoms with Crippen LogP contribution in [0.25, 0.3) is 0 Å². The quantitative estimate of drug-likeness (QED) is 0.868. The van der Waals surface area contributed by atoms with Gasteiger partial charge in [-0.3, -0.25) is 9.59 Å². The van der Waals surface area contributed by atoms with Gasteiger partial charge in [-0.2, -0.15) is 0 Å². The number of likely N-dealkylation sites (tertiary alicyclic amines) is 1. The normalized spacial score (nSPS) is 19.6. The fourth-order valence-corrected chi connectivity index (χ4v) is 2.32. The SMILES string of the molecule is Cc1cccc(C(=O)N2CCC[C@@H](C(=O)O)C2)c1. The van der Waals surface area contributed by atoms with Crippen molar-refractivity contribution in [1.29, 1.82) is 0 Å². The third-order valence-electron chi connectivity index (χ3n) is 3.32. The van der Waals surface area contributed by atoms with E-state index >= 15 is 0 Å². The molecule has 1 atom stereocenters. The van der Waals surface area contributed by atoms with Crippen LogP contribution < -0.4 is 0 Å². The van der Waals surface area contributed by atoms with Gasteiger partial charge < -0.3 is 10.0 Å². The number of piperidine rings is 1. The number of aliphatic carboxylic acids is 1. The molecular weight excluding hydrogens is 230 g/mol. The second-order valence-corrected chi connectivity index (χ2v) is 4.80. The number of benzene rings is 1. The smallest absolute Gasteiger partial charge is 0.308 e. The predicted molar refractivity (Wildman–Crippen MR) is 67.4 cm³/mol. The highest BCUT2D eigenvalue weighted by molar-refractivity contribution is 5.94. The van der Waals surface area contributed by atoms with Crippen molar-refractivity contribution >= 4 is 11.9 Å². The van der Waals surface area contributed by atoms with Crippen LogP contribution in [0.5, 0.6) is 0 Å². The Morgan fingerprint density at radius 3 is 2.83 bits per heavy atom. The molecule has 0 aromatic heterocycles. The van der Waals surface area contributed by atoms with E-state index in [1.54, 1.807) is 11.0 Å². The standard InChI is InChI=1S/C14H17NO3/c1-10-4-2-5-11(8-10)13(16)15-7-3-6-12(9-15)14(17)18/h2,4-5,8,12H,3,6-7,9H2,1H3,(H,17,18)/t12-/m1/s1. The third kappa shape index (κ3) is 2.70. The fourth-order valence-electron chi connectivity index (χ4n) is 2.32. The van der Waals surface area contributed by atoms with Gasteiger partial charge in [0.05, 0.1) is 5.92 Å². The van der Waals surface area contributed by atoms with E-state index in [2.05, 4.69) is 0 Å². The molecule has 1 aliphatic rings. The van der Waals surface area contributed by atoms with Gasteiger partial charge in [0.2, 0.25) is 0 Å². The minimum atomic E-state index is -0.809. The molecule has 1 aromatic rings. The Labute approximate surface area is 106 Å². The van der Waals surface area contributed by atoms with Gasteiger partial charge in [0, 0.05) is 18.7 Å². The van der Waals surface area contributed by atoms with Crippen molar-refractivity contribution in [2.24, 2.45) is 5.92 Å². The van der Waals surface area contributed by atoms with Gasteiger partial charge in [0.15, 0.2) is 0 Å². The molecule has 1 fully saturated rings. The van der Waals surface area contributed by atoms with Crippen molar-refractivity contribution in [2.75, 3.05) is 13.1 Å². The summed E-state index contributed by atoms with van der Waals surface area (Å²) in [6, 6.07) is 7.40. The van der Waals surface area contributed by atoms with Crippen LogP contribution in [0.4, 0.5) is 0 Å². The molecule has 0 unspecified atom stereocenters. The first-order valence-corrected chi connectivity index (χ1v) is 6.16. The first-order valence-electron chi connectivity index (χ1n) is 6.16. The summed E-state index contributed by atoms with van der Waals surface area (Å²) in [5.74, 6) is -1.30. The maximum Gasteiger partial charge on any atom is 0.308 e. The van der Waals surface area contributed by atoms with Crippen LogP contribution >= 0.6 is 0 Å². The minimum absolute atomic E-state index is 0.0651. The second-order valence-electron chi connectivity index (χ2n) is 4.80.